The van der Waals surface area contributed by atoms with Crippen LogP contribution in [0.25, 0.3) is 0 Å². The van der Waals surface area contributed by atoms with Gasteiger partial charge in [0.25, 0.3) is 0 Å². The van der Waals surface area contributed by atoms with E-state index in [-0.39, 0.29) is 11.9 Å². The topological polar surface area (TPSA) is 42.7 Å². The van der Waals surface area contributed by atoms with E-state index in [0.717, 1.165) is 17.8 Å². The van der Waals surface area contributed by atoms with Gasteiger partial charge in [-0.3, -0.25) is 9.67 Å². The van der Waals surface area contributed by atoms with Gasteiger partial charge in [-0.1, -0.05) is 18.5 Å². The van der Waals surface area contributed by atoms with Crippen molar-refractivity contribution < 1.29 is 4.39 Å². The average molecular weight is 297 g/mol. The lowest BCUT2D eigenvalue weighted by molar-refractivity contribution is 0.506. The largest absolute Gasteiger partial charge is 0.310 e. The number of aryl methyl sites for hydroxylation is 2. The molecule has 1 N–H and O–H groups in total. The molecule has 2 rings (SSSR count). The highest BCUT2D eigenvalue weighted by Crippen LogP contribution is 2.26. The van der Waals surface area contributed by atoms with Gasteiger partial charge in [0.05, 0.1) is 11.9 Å². The summed E-state index contributed by atoms with van der Waals surface area (Å²) in [6.45, 7) is 4.64. The maximum Gasteiger partial charge on any atom is 0.146 e. The minimum Gasteiger partial charge on any atom is -0.310 e. The fourth-order valence-electron chi connectivity index (χ4n) is 2.32. The molecule has 0 fully saturated rings. The summed E-state index contributed by atoms with van der Waals surface area (Å²) in [5.41, 5.74) is 2.41. The molecule has 108 valence electrons. The number of nitrogens with one attached hydrogen (secondary N) is 1. The van der Waals surface area contributed by atoms with Gasteiger partial charge < -0.3 is 5.32 Å². The van der Waals surface area contributed by atoms with Crippen molar-refractivity contribution in [3.05, 3.63) is 46.3 Å². The highest BCUT2D eigenvalue weighted by molar-refractivity contribution is 6.30. The van der Waals surface area contributed by atoms with Gasteiger partial charge in [-0.15, -0.1) is 0 Å². The standard InChI is InChI=1S/C14H18ClFN4/c1-4-18-13(10-5-6-17-8-12(10)16)7-11-9(2)19-20(3)14(11)15/h5-6,8,13,18H,4,7H2,1-3H3. The van der Waals surface area contributed by atoms with Crippen LogP contribution < -0.4 is 5.32 Å². The highest BCUT2D eigenvalue weighted by Gasteiger charge is 2.20. The third kappa shape index (κ3) is 2.99. The lowest BCUT2D eigenvalue weighted by Gasteiger charge is -2.18. The first kappa shape index (κ1) is 14.9. The van der Waals surface area contributed by atoms with Crippen molar-refractivity contribution in [2.75, 3.05) is 6.54 Å². The molecule has 6 heteroatoms. The Bertz CT molecular complexity index is 597. The second-order valence-corrected chi connectivity index (χ2v) is 5.05. The number of aromatic nitrogens is 3. The lowest BCUT2D eigenvalue weighted by Crippen LogP contribution is -2.24. The van der Waals surface area contributed by atoms with Gasteiger partial charge in [0.15, 0.2) is 0 Å². The molecule has 4 nitrogen and oxygen atoms in total. The van der Waals surface area contributed by atoms with Gasteiger partial charge in [0, 0.05) is 30.4 Å². The number of hydrogen-bond acceptors (Lipinski definition) is 3. The molecule has 0 radical (unpaired) electrons. The van der Waals surface area contributed by atoms with Gasteiger partial charge in [0.2, 0.25) is 0 Å². The summed E-state index contributed by atoms with van der Waals surface area (Å²) in [6.07, 6.45) is 3.42. The predicted molar refractivity (Wildman–Crippen MR) is 77.3 cm³/mol. The number of nitrogens with zero attached hydrogens (tertiary/aromatic N) is 3. The fourth-order valence-corrected chi connectivity index (χ4v) is 2.57. The third-order valence-electron chi connectivity index (χ3n) is 3.31. The van der Waals surface area contributed by atoms with Crippen LogP contribution >= 0.6 is 11.6 Å². The van der Waals surface area contributed by atoms with Crippen molar-refractivity contribution in [3.8, 4) is 0 Å². The fraction of sp³-hybridized carbons (Fsp3) is 0.429. The molecule has 0 spiro atoms. The quantitative estimate of drug-likeness (QED) is 0.922. The van der Waals surface area contributed by atoms with E-state index in [1.54, 1.807) is 24.0 Å². The van der Waals surface area contributed by atoms with E-state index in [9.17, 15) is 4.39 Å². The molecular weight excluding hydrogens is 279 g/mol. The second kappa shape index (κ2) is 6.33. The molecule has 0 bridgehead atoms. The van der Waals surface area contributed by atoms with E-state index in [1.165, 1.54) is 6.20 Å². The molecule has 0 saturated heterocycles. The van der Waals surface area contributed by atoms with Crippen LogP contribution in [0.3, 0.4) is 0 Å². The van der Waals surface area contributed by atoms with E-state index in [2.05, 4.69) is 15.4 Å². The summed E-state index contributed by atoms with van der Waals surface area (Å²) in [6, 6.07) is 1.55. The van der Waals surface area contributed by atoms with Crippen LogP contribution in [-0.2, 0) is 13.5 Å². The summed E-state index contributed by atoms with van der Waals surface area (Å²) in [5, 5.41) is 8.18. The summed E-state index contributed by atoms with van der Waals surface area (Å²) >= 11 is 6.25. The van der Waals surface area contributed by atoms with Gasteiger partial charge >= 0.3 is 0 Å². The number of halogens is 2. The molecule has 0 aliphatic heterocycles. The van der Waals surface area contributed by atoms with E-state index in [1.807, 2.05) is 13.8 Å². The first-order valence-corrected chi connectivity index (χ1v) is 6.93. The van der Waals surface area contributed by atoms with E-state index < -0.39 is 0 Å². The maximum absolute atomic E-state index is 13.9. The zero-order valence-electron chi connectivity index (χ0n) is 11.8. The molecule has 0 aliphatic carbocycles. The van der Waals surface area contributed by atoms with Crippen molar-refractivity contribution >= 4 is 11.6 Å². The van der Waals surface area contributed by atoms with Crippen LogP contribution in [0.4, 0.5) is 4.39 Å². The second-order valence-electron chi connectivity index (χ2n) is 4.69. The monoisotopic (exact) mass is 296 g/mol. The van der Waals surface area contributed by atoms with E-state index in [4.69, 9.17) is 11.6 Å². The molecule has 1 unspecified atom stereocenters. The van der Waals surface area contributed by atoms with Crippen molar-refractivity contribution in [1.29, 1.82) is 0 Å². The SMILES string of the molecule is CCNC(Cc1c(C)nn(C)c1Cl)c1ccncc1F. The first-order valence-electron chi connectivity index (χ1n) is 6.55. The molecule has 2 aromatic rings. The molecule has 2 aromatic heterocycles. The summed E-state index contributed by atoms with van der Waals surface area (Å²) in [5.74, 6) is -0.309. The zero-order valence-corrected chi connectivity index (χ0v) is 12.6. The van der Waals surface area contributed by atoms with Crippen molar-refractivity contribution in [1.82, 2.24) is 20.1 Å². The zero-order chi connectivity index (χ0) is 14.7. The molecule has 0 saturated carbocycles. The summed E-state index contributed by atoms with van der Waals surface area (Å²) < 4.78 is 15.6. The number of rotatable bonds is 5. The predicted octanol–water partition coefficient (Wildman–Crippen LogP) is 2.81. The van der Waals surface area contributed by atoms with Gasteiger partial charge in [-0.2, -0.15) is 5.10 Å². The molecule has 20 heavy (non-hydrogen) atoms. The van der Waals surface area contributed by atoms with E-state index in [0.29, 0.717) is 17.1 Å². The van der Waals surface area contributed by atoms with Gasteiger partial charge in [-0.05, 0) is 26.0 Å². The van der Waals surface area contributed by atoms with Crippen LogP contribution in [0.15, 0.2) is 18.5 Å². The molecule has 0 aromatic carbocycles. The van der Waals surface area contributed by atoms with Crippen molar-refractivity contribution in [2.45, 2.75) is 26.3 Å². The molecule has 2 heterocycles. The molecule has 0 aliphatic rings. The maximum atomic E-state index is 13.9. The minimum atomic E-state index is -0.309. The Morgan fingerprint density at radius 3 is 2.80 bits per heavy atom. The summed E-state index contributed by atoms with van der Waals surface area (Å²) in [7, 11) is 1.80. The first-order chi connectivity index (χ1) is 9.54. The third-order valence-corrected chi connectivity index (χ3v) is 3.78. The van der Waals surface area contributed by atoms with Crippen LogP contribution in [0.2, 0.25) is 5.15 Å². The van der Waals surface area contributed by atoms with E-state index >= 15 is 0 Å². The van der Waals surface area contributed by atoms with Crippen molar-refractivity contribution in [3.63, 3.8) is 0 Å². The summed E-state index contributed by atoms with van der Waals surface area (Å²) in [4.78, 5) is 3.79. The van der Waals surface area contributed by atoms with Crippen LogP contribution in [0.1, 0.15) is 29.8 Å². The Morgan fingerprint density at radius 1 is 1.50 bits per heavy atom. The number of hydrogen-bond donors (Lipinski definition) is 1. The van der Waals surface area contributed by atoms with Gasteiger partial charge in [-0.25, -0.2) is 4.39 Å². The molecule has 1 atom stereocenters. The number of pyridine rings is 1. The van der Waals surface area contributed by atoms with Crippen LogP contribution in [-0.4, -0.2) is 21.3 Å². The normalized spacial score (nSPS) is 12.7. The minimum absolute atomic E-state index is 0.150. The van der Waals surface area contributed by atoms with Gasteiger partial charge in [0.1, 0.15) is 11.0 Å². The smallest absolute Gasteiger partial charge is 0.146 e. The Labute approximate surface area is 123 Å². The average Bonchev–Trinajstić information content (AvgIpc) is 2.65. The molecular formula is C14H18ClFN4. The Hall–Kier alpha value is -1.46. The highest BCUT2D eigenvalue weighted by atomic mass is 35.5. The Balaban J connectivity index is 2.33. The Kier molecular flexibility index (Phi) is 4.73. The molecule has 0 amide bonds. The van der Waals surface area contributed by atoms with Crippen molar-refractivity contribution in [2.24, 2.45) is 7.05 Å². The lowest BCUT2D eigenvalue weighted by atomic mass is 10.00. The number of likely N-dealkylation sites (N-methyl/N-ethyl adjacent to an activating group) is 1. The van der Waals surface area contributed by atoms with Crippen LogP contribution in [0.5, 0.6) is 0 Å². The van der Waals surface area contributed by atoms with Crippen LogP contribution in [0, 0.1) is 12.7 Å². The Morgan fingerprint density at radius 2 is 2.25 bits per heavy atom.